The highest BCUT2D eigenvalue weighted by atomic mass is 16.5. The van der Waals surface area contributed by atoms with E-state index >= 15 is 0 Å². The lowest BCUT2D eigenvalue weighted by Crippen LogP contribution is -2.35. The minimum absolute atomic E-state index is 0.145. The van der Waals surface area contributed by atoms with Gasteiger partial charge < -0.3 is 15.6 Å². The van der Waals surface area contributed by atoms with Gasteiger partial charge in [-0.05, 0) is 36.6 Å². The van der Waals surface area contributed by atoms with Crippen molar-refractivity contribution >= 4 is 0 Å². The van der Waals surface area contributed by atoms with E-state index in [9.17, 15) is 5.11 Å². The molecule has 2 rings (SSSR count). The van der Waals surface area contributed by atoms with Crippen LogP contribution in [0.1, 0.15) is 24.0 Å². The smallest absolute Gasteiger partial charge is 0.119 e. The van der Waals surface area contributed by atoms with Crippen molar-refractivity contribution < 1.29 is 9.84 Å². The van der Waals surface area contributed by atoms with Gasteiger partial charge in [-0.25, -0.2) is 0 Å². The number of nitrogens with two attached hydrogens (primary N) is 1. The van der Waals surface area contributed by atoms with E-state index in [0.717, 1.165) is 49.4 Å². The number of piperidine rings is 1. The molecule has 1 saturated heterocycles. The van der Waals surface area contributed by atoms with Crippen molar-refractivity contribution in [2.24, 2.45) is 5.73 Å². The molecule has 108 valence electrons. The zero-order valence-corrected chi connectivity index (χ0v) is 11.9. The molecular formula is C16H22N2O2. The summed E-state index contributed by atoms with van der Waals surface area (Å²) in [7, 11) is 1.67. The summed E-state index contributed by atoms with van der Waals surface area (Å²) in [6.07, 6.45) is 1.54. The van der Waals surface area contributed by atoms with E-state index in [0.29, 0.717) is 6.54 Å². The van der Waals surface area contributed by atoms with Crippen LogP contribution < -0.4 is 10.5 Å². The second kappa shape index (κ2) is 7.30. The van der Waals surface area contributed by atoms with Gasteiger partial charge in [0, 0.05) is 25.2 Å². The van der Waals surface area contributed by atoms with Crippen LogP contribution in [0.2, 0.25) is 0 Å². The van der Waals surface area contributed by atoms with Gasteiger partial charge in [0.15, 0.2) is 0 Å². The lowest BCUT2D eigenvalue weighted by Gasteiger charge is -2.29. The Bertz CT molecular complexity index is 497. The van der Waals surface area contributed by atoms with Gasteiger partial charge in [-0.15, -0.1) is 0 Å². The number of aliphatic hydroxyl groups excluding tert-OH is 1. The highest BCUT2D eigenvalue weighted by Crippen LogP contribution is 2.21. The minimum atomic E-state index is -0.145. The van der Waals surface area contributed by atoms with E-state index < -0.39 is 0 Å². The third kappa shape index (κ3) is 3.97. The summed E-state index contributed by atoms with van der Waals surface area (Å²) in [5.74, 6) is 6.86. The third-order valence-electron chi connectivity index (χ3n) is 3.59. The summed E-state index contributed by atoms with van der Waals surface area (Å²) in [5, 5.41) is 9.56. The quantitative estimate of drug-likeness (QED) is 0.806. The second-order valence-corrected chi connectivity index (χ2v) is 5.04. The maximum Gasteiger partial charge on any atom is 0.119 e. The molecule has 0 unspecified atom stereocenters. The Morgan fingerprint density at radius 2 is 2.15 bits per heavy atom. The Balaban J connectivity index is 2.15. The highest BCUT2D eigenvalue weighted by Gasteiger charge is 2.18. The molecule has 0 spiro atoms. The fourth-order valence-electron chi connectivity index (χ4n) is 2.41. The van der Waals surface area contributed by atoms with Crippen LogP contribution in [0, 0.1) is 11.8 Å². The topological polar surface area (TPSA) is 58.7 Å². The number of hydrogen-bond acceptors (Lipinski definition) is 4. The average Bonchev–Trinajstić information content (AvgIpc) is 2.48. The van der Waals surface area contributed by atoms with Crippen LogP contribution in [-0.2, 0) is 6.54 Å². The summed E-state index contributed by atoms with van der Waals surface area (Å²) in [5.41, 5.74) is 7.60. The van der Waals surface area contributed by atoms with E-state index in [4.69, 9.17) is 10.5 Å². The molecule has 0 bridgehead atoms. The summed E-state index contributed by atoms with van der Waals surface area (Å²) >= 11 is 0. The van der Waals surface area contributed by atoms with E-state index in [1.54, 1.807) is 7.11 Å². The van der Waals surface area contributed by atoms with Crippen LogP contribution in [0.5, 0.6) is 5.75 Å². The number of rotatable bonds is 3. The molecule has 4 heteroatoms. The molecule has 3 N–H and O–H groups in total. The fourth-order valence-corrected chi connectivity index (χ4v) is 2.41. The van der Waals surface area contributed by atoms with Gasteiger partial charge in [0.2, 0.25) is 0 Å². The maximum absolute atomic E-state index is 9.56. The Labute approximate surface area is 120 Å². The number of likely N-dealkylation sites (tertiary alicyclic amines) is 1. The van der Waals surface area contributed by atoms with E-state index in [2.05, 4.69) is 16.7 Å². The normalized spacial score (nSPS) is 16.6. The number of benzene rings is 1. The SMILES string of the molecule is COc1ccc(C#CCN)c(CN2CCC(O)CC2)c1. The molecule has 0 radical (unpaired) electrons. The van der Waals surface area contributed by atoms with Gasteiger partial charge >= 0.3 is 0 Å². The predicted molar refractivity (Wildman–Crippen MR) is 79.4 cm³/mol. The van der Waals surface area contributed by atoms with Crippen LogP contribution in [0.3, 0.4) is 0 Å². The van der Waals surface area contributed by atoms with Crippen molar-refractivity contribution in [2.75, 3.05) is 26.7 Å². The molecule has 20 heavy (non-hydrogen) atoms. The standard InChI is InChI=1S/C16H22N2O2/c1-20-16-5-4-13(3-2-8-17)14(11-16)12-18-9-6-15(19)7-10-18/h4-5,11,15,19H,6-10,12,17H2,1H3. The van der Waals surface area contributed by atoms with Gasteiger partial charge in [-0.1, -0.05) is 11.8 Å². The molecule has 0 atom stereocenters. The Morgan fingerprint density at radius 3 is 2.80 bits per heavy atom. The molecule has 1 aliphatic heterocycles. The van der Waals surface area contributed by atoms with Gasteiger partial charge in [-0.3, -0.25) is 4.90 Å². The fraction of sp³-hybridized carbons (Fsp3) is 0.500. The first-order valence-corrected chi connectivity index (χ1v) is 6.99. The molecule has 0 saturated carbocycles. The summed E-state index contributed by atoms with van der Waals surface area (Å²) < 4.78 is 5.29. The van der Waals surface area contributed by atoms with Crippen LogP contribution in [0.4, 0.5) is 0 Å². The third-order valence-corrected chi connectivity index (χ3v) is 3.59. The predicted octanol–water partition coefficient (Wildman–Crippen LogP) is 0.962. The van der Waals surface area contributed by atoms with Crippen molar-refractivity contribution in [1.29, 1.82) is 0 Å². The zero-order valence-electron chi connectivity index (χ0n) is 11.9. The van der Waals surface area contributed by atoms with Gasteiger partial charge in [0.05, 0.1) is 19.8 Å². The molecule has 4 nitrogen and oxygen atoms in total. The van der Waals surface area contributed by atoms with Crippen LogP contribution in [-0.4, -0.2) is 42.9 Å². The van der Waals surface area contributed by atoms with E-state index in [-0.39, 0.29) is 6.10 Å². The van der Waals surface area contributed by atoms with Crippen molar-refractivity contribution in [3.63, 3.8) is 0 Å². The number of nitrogens with zero attached hydrogens (tertiary/aromatic N) is 1. The summed E-state index contributed by atoms with van der Waals surface area (Å²) in [6.45, 7) is 3.03. The molecular weight excluding hydrogens is 252 g/mol. The van der Waals surface area contributed by atoms with Crippen LogP contribution in [0.15, 0.2) is 18.2 Å². The first-order chi connectivity index (χ1) is 9.72. The van der Waals surface area contributed by atoms with Crippen LogP contribution in [0.25, 0.3) is 0 Å². The Morgan fingerprint density at radius 1 is 1.40 bits per heavy atom. The number of hydrogen-bond donors (Lipinski definition) is 2. The summed E-state index contributed by atoms with van der Waals surface area (Å²) in [4.78, 5) is 2.34. The van der Waals surface area contributed by atoms with E-state index in [1.807, 2.05) is 18.2 Å². The Hall–Kier alpha value is -1.54. The lowest BCUT2D eigenvalue weighted by molar-refractivity contribution is 0.0792. The van der Waals surface area contributed by atoms with Crippen LogP contribution >= 0.6 is 0 Å². The molecule has 1 aromatic carbocycles. The second-order valence-electron chi connectivity index (χ2n) is 5.04. The van der Waals surface area contributed by atoms with Gasteiger partial charge in [-0.2, -0.15) is 0 Å². The highest BCUT2D eigenvalue weighted by molar-refractivity contribution is 5.45. The molecule has 1 fully saturated rings. The molecule has 0 aromatic heterocycles. The monoisotopic (exact) mass is 274 g/mol. The van der Waals surface area contributed by atoms with Crippen molar-refractivity contribution in [3.05, 3.63) is 29.3 Å². The molecule has 0 aliphatic carbocycles. The molecule has 1 aromatic rings. The first-order valence-electron chi connectivity index (χ1n) is 6.99. The van der Waals surface area contributed by atoms with Gasteiger partial charge in [0.25, 0.3) is 0 Å². The van der Waals surface area contributed by atoms with Crippen molar-refractivity contribution in [3.8, 4) is 17.6 Å². The number of methoxy groups -OCH3 is 1. The Kier molecular flexibility index (Phi) is 5.42. The first kappa shape index (κ1) is 14.9. The minimum Gasteiger partial charge on any atom is -0.497 e. The van der Waals surface area contributed by atoms with E-state index in [1.165, 1.54) is 0 Å². The molecule has 0 amide bonds. The number of aliphatic hydroxyl groups is 1. The summed E-state index contributed by atoms with van der Waals surface area (Å²) in [6, 6.07) is 5.94. The average molecular weight is 274 g/mol. The molecule has 1 heterocycles. The maximum atomic E-state index is 9.56. The lowest BCUT2D eigenvalue weighted by atomic mass is 10.0. The molecule has 1 aliphatic rings. The zero-order chi connectivity index (χ0) is 14.4. The van der Waals surface area contributed by atoms with Crippen molar-refractivity contribution in [2.45, 2.75) is 25.5 Å². The number of ether oxygens (including phenoxy) is 1. The largest absolute Gasteiger partial charge is 0.497 e. The van der Waals surface area contributed by atoms with Crippen molar-refractivity contribution in [1.82, 2.24) is 4.90 Å². The van der Waals surface area contributed by atoms with Gasteiger partial charge in [0.1, 0.15) is 5.75 Å².